The first-order chi connectivity index (χ1) is 6.08. The van der Waals surface area contributed by atoms with Crippen LogP contribution >= 0.6 is 0 Å². The predicted octanol–water partition coefficient (Wildman–Crippen LogP) is 0.400. The number of hydrogen-bond acceptors (Lipinski definition) is 3. The fourth-order valence-electron chi connectivity index (χ4n) is 2.52. The van der Waals surface area contributed by atoms with E-state index >= 15 is 0 Å². The second-order valence-corrected chi connectivity index (χ2v) is 4.22. The van der Waals surface area contributed by atoms with Crippen molar-refractivity contribution in [3.05, 3.63) is 0 Å². The smallest absolute Gasteiger partial charge is 0.310 e. The van der Waals surface area contributed by atoms with E-state index in [9.17, 15) is 14.4 Å². The van der Waals surface area contributed by atoms with E-state index in [1.165, 1.54) is 0 Å². The van der Waals surface area contributed by atoms with Crippen LogP contribution in [0.1, 0.15) is 32.6 Å². The zero-order chi connectivity index (χ0) is 9.64. The number of rotatable bonds is 1. The van der Waals surface area contributed by atoms with Crippen LogP contribution in [-0.2, 0) is 14.4 Å². The monoisotopic (exact) mass is 178 g/mol. The van der Waals surface area contributed by atoms with Gasteiger partial charge in [-0.15, -0.1) is 0 Å². The summed E-state index contributed by atoms with van der Waals surface area (Å²) < 4.78 is 0. The SMILES string of the molecule is CCC12CC(=O)B(C(=O)C1)C(=O)C2. The second-order valence-electron chi connectivity index (χ2n) is 4.22. The number of carbonyl (C=O) groups excluding carboxylic acids is 3. The minimum Gasteiger partial charge on any atom is -0.310 e. The summed E-state index contributed by atoms with van der Waals surface area (Å²) in [6, 6.07) is 0. The number of hydrogen-bond donors (Lipinski definition) is 0. The highest BCUT2D eigenvalue weighted by Gasteiger charge is 2.56. The van der Waals surface area contributed by atoms with Gasteiger partial charge in [0.2, 0.25) is 0 Å². The lowest BCUT2D eigenvalue weighted by Gasteiger charge is -2.41. The van der Waals surface area contributed by atoms with Crippen molar-refractivity contribution in [2.24, 2.45) is 5.41 Å². The largest absolute Gasteiger partial charge is 0.376 e. The van der Waals surface area contributed by atoms with Crippen molar-refractivity contribution in [3.8, 4) is 0 Å². The summed E-state index contributed by atoms with van der Waals surface area (Å²) in [6.45, 7) is 1.06. The maximum Gasteiger partial charge on any atom is 0.376 e. The molecular formula is C9H11BO3. The van der Waals surface area contributed by atoms with Crippen LogP contribution in [0.4, 0.5) is 0 Å². The van der Waals surface area contributed by atoms with E-state index in [1.54, 1.807) is 0 Å². The number of carbonyl (C=O) groups is 3. The van der Waals surface area contributed by atoms with E-state index in [-0.39, 0.29) is 22.5 Å². The van der Waals surface area contributed by atoms with E-state index in [0.29, 0.717) is 19.3 Å². The van der Waals surface area contributed by atoms with Gasteiger partial charge in [-0.2, -0.15) is 0 Å². The molecule has 13 heavy (non-hydrogen) atoms. The van der Waals surface area contributed by atoms with Crippen molar-refractivity contribution in [1.82, 2.24) is 0 Å². The Kier molecular flexibility index (Phi) is 1.69. The van der Waals surface area contributed by atoms with Gasteiger partial charge in [0, 0.05) is 19.3 Å². The first kappa shape index (κ1) is 8.66. The normalized spacial score (nSPS) is 25.6. The summed E-state index contributed by atoms with van der Waals surface area (Å²) in [6.07, 6.45) is 2.06. The van der Waals surface area contributed by atoms with Gasteiger partial charge >= 0.3 is 6.71 Å². The molecule has 0 N–H and O–H groups in total. The zero-order valence-corrected chi connectivity index (χ0v) is 7.63. The minimum absolute atomic E-state index is 0.144. The van der Waals surface area contributed by atoms with Gasteiger partial charge in [-0.25, -0.2) is 0 Å². The van der Waals surface area contributed by atoms with Crippen molar-refractivity contribution in [3.63, 3.8) is 0 Å². The predicted molar refractivity (Wildman–Crippen MR) is 47.4 cm³/mol. The van der Waals surface area contributed by atoms with Gasteiger partial charge in [0.25, 0.3) is 0 Å². The van der Waals surface area contributed by atoms with Crippen molar-refractivity contribution >= 4 is 23.8 Å². The van der Waals surface area contributed by atoms with Crippen LogP contribution < -0.4 is 0 Å². The highest BCUT2D eigenvalue weighted by atomic mass is 16.2. The van der Waals surface area contributed by atoms with E-state index < -0.39 is 6.71 Å². The molecule has 3 nitrogen and oxygen atoms in total. The summed E-state index contributed by atoms with van der Waals surface area (Å²) >= 11 is 0. The summed E-state index contributed by atoms with van der Waals surface area (Å²) in [7, 11) is 0. The van der Waals surface area contributed by atoms with Crippen molar-refractivity contribution in [1.29, 1.82) is 0 Å². The summed E-state index contributed by atoms with van der Waals surface area (Å²) in [5.74, 6) is 0. The van der Waals surface area contributed by atoms with E-state index in [0.717, 1.165) is 6.42 Å². The Balaban J connectivity index is 2.40. The van der Waals surface area contributed by atoms with Crippen LogP contribution in [0.25, 0.3) is 0 Å². The van der Waals surface area contributed by atoms with Crippen molar-refractivity contribution < 1.29 is 14.4 Å². The fraction of sp³-hybridized carbons (Fsp3) is 0.667. The molecule has 0 unspecified atom stereocenters. The van der Waals surface area contributed by atoms with Crippen LogP contribution in [-0.4, -0.2) is 23.8 Å². The Labute approximate surface area is 77.0 Å². The van der Waals surface area contributed by atoms with Crippen LogP contribution in [0.15, 0.2) is 0 Å². The molecule has 0 atom stereocenters. The fourth-order valence-corrected chi connectivity index (χ4v) is 2.52. The molecule has 0 aromatic heterocycles. The molecule has 0 amide bonds. The molecule has 0 aliphatic carbocycles. The topological polar surface area (TPSA) is 51.2 Å². The first-order valence-electron chi connectivity index (χ1n) is 4.66. The molecule has 0 aromatic rings. The lowest BCUT2D eigenvalue weighted by Crippen LogP contribution is -2.59. The minimum atomic E-state index is -0.881. The Bertz CT molecular complexity index is 262. The molecule has 0 spiro atoms. The zero-order valence-electron chi connectivity index (χ0n) is 7.63. The molecule has 3 rings (SSSR count). The van der Waals surface area contributed by atoms with Gasteiger partial charge in [-0.1, -0.05) is 6.92 Å². The average Bonchev–Trinajstić information content (AvgIpc) is 2.02. The summed E-state index contributed by atoms with van der Waals surface area (Å²) in [4.78, 5) is 34.2. The van der Waals surface area contributed by atoms with Crippen molar-refractivity contribution in [2.45, 2.75) is 32.6 Å². The van der Waals surface area contributed by atoms with E-state index in [2.05, 4.69) is 0 Å². The molecular weight excluding hydrogens is 167 g/mol. The summed E-state index contributed by atoms with van der Waals surface area (Å²) in [5, 5.41) is 0. The Morgan fingerprint density at radius 1 is 1.08 bits per heavy atom. The Morgan fingerprint density at radius 2 is 1.46 bits per heavy atom. The van der Waals surface area contributed by atoms with Crippen LogP contribution in [0.5, 0.6) is 0 Å². The molecule has 4 heteroatoms. The van der Waals surface area contributed by atoms with Gasteiger partial charge in [-0.05, 0) is 11.8 Å². The lowest BCUT2D eigenvalue weighted by molar-refractivity contribution is -0.129. The molecule has 0 saturated carbocycles. The van der Waals surface area contributed by atoms with Crippen molar-refractivity contribution in [2.75, 3.05) is 0 Å². The Hall–Kier alpha value is -0.925. The summed E-state index contributed by atoms with van der Waals surface area (Å²) in [5.41, 5.74) is -0.738. The van der Waals surface area contributed by atoms with Gasteiger partial charge in [-0.3, -0.25) is 0 Å². The maximum absolute atomic E-state index is 11.4. The van der Waals surface area contributed by atoms with Gasteiger partial charge in [0.1, 0.15) is 17.0 Å². The average molecular weight is 178 g/mol. The number of fused-ring (bicyclic) bond motifs is 3. The molecule has 3 fully saturated rings. The molecule has 3 aliphatic rings. The molecule has 3 heterocycles. The standard InChI is InChI=1S/C9H11BO3/c1-2-9-3-6(11)10(7(12)4-9)8(13)5-9/h2-5H2,1H3. The highest BCUT2D eigenvalue weighted by Crippen LogP contribution is 2.43. The molecule has 2 bridgehead atoms. The maximum atomic E-state index is 11.4. The second kappa shape index (κ2) is 2.53. The van der Waals surface area contributed by atoms with Crippen LogP contribution in [0.2, 0.25) is 0 Å². The van der Waals surface area contributed by atoms with Gasteiger partial charge in [0.15, 0.2) is 0 Å². The molecule has 0 aromatic carbocycles. The van der Waals surface area contributed by atoms with Gasteiger partial charge in [0.05, 0.1) is 0 Å². The van der Waals surface area contributed by atoms with Crippen LogP contribution in [0.3, 0.4) is 0 Å². The third-order valence-corrected chi connectivity index (χ3v) is 3.36. The highest BCUT2D eigenvalue weighted by molar-refractivity contribution is 7.28. The Morgan fingerprint density at radius 3 is 1.77 bits per heavy atom. The quantitative estimate of drug-likeness (QED) is 0.546. The van der Waals surface area contributed by atoms with Crippen LogP contribution in [0, 0.1) is 5.41 Å². The lowest BCUT2D eigenvalue weighted by atomic mass is 9.28. The molecule has 3 aliphatic heterocycles. The first-order valence-corrected chi connectivity index (χ1v) is 4.66. The van der Waals surface area contributed by atoms with Gasteiger partial charge < -0.3 is 14.4 Å². The molecule has 3 saturated heterocycles. The third-order valence-electron chi connectivity index (χ3n) is 3.36. The van der Waals surface area contributed by atoms with E-state index in [4.69, 9.17) is 0 Å². The molecule has 0 radical (unpaired) electrons. The molecule has 68 valence electrons. The van der Waals surface area contributed by atoms with E-state index in [1.807, 2.05) is 6.92 Å². The third kappa shape index (κ3) is 1.08.